The van der Waals surface area contributed by atoms with Gasteiger partial charge in [0, 0.05) is 42.0 Å². The number of likely N-dealkylation sites (tertiary alicyclic amines) is 1. The fraction of sp³-hybridized carbons (Fsp3) is 0.333. The number of nitrogens with zero attached hydrogens (tertiary/aromatic N) is 1. The highest BCUT2D eigenvalue weighted by molar-refractivity contribution is 7.89. The number of hydrogen-bond donors (Lipinski definition) is 2. The van der Waals surface area contributed by atoms with Crippen LogP contribution >= 0.6 is 0 Å². The molecule has 3 aromatic rings. The average Bonchev–Trinajstić information content (AvgIpc) is 2.88. The number of amides is 2. The lowest BCUT2D eigenvalue weighted by molar-refractivity contribution is -0.138. The SMILES string of the molecule is CCCC(=O)N1CCC(NS(=O)(=O)c2ccc(NC(=O)c3c(F)cccc3C(F)(F)F)c3ccccc23)CC1. The van der Waals surface area contributed by atoms with Crippen molar-refractivity contribution in [1.29, 1.82) is 0 Å². The van der Waals surface area contributed by atoms with Crippen LogP contribution in [0, 0.1) is 5.82 Å². The molecule has 1 aliphatic rings. The van der Waals surface area contributed by atoms with Gasteiger partial charge >= 0.3 is 6.18 Å². The van der Waals surface area contributed by atoms with Gasteiger partial charge in [0.15, 0.2) is 0 Å². The van der Waals surface area contributed by atoms with E-state index in [9.17, 15) is 35.6 Å². The van der Waals surface area contributed by atoms with Crippen molar-refractivity contribution in [3.05, 3.63) is 71.5 Å². The molecule has 208 valence electrons. The molecule has 0 aromatic heterocycles. The first-order chi connectivity index (χ1) is 18.4. The Labute approximate surface area is 223 Å². The summed E-state index contributed by atoms with van der Waals surface area (Å²) in [5.41, 5.74) is -2.56. The molecule has 1 fully saturated rings. The fourth-order valence-corrected chi connectivity index (χ4v) is 6.21. The summed E-state index contributed by atoms with van der Waals surface area (Å²) in [6, 6.07) is 10.5. The lowest BCUT2D eigenvalue weighted by Gasteiger charge is -2.32. The first-order valence-electron chi connectivity index (χ1n) is 12.4. The van der Waals surface area contributed by atoms with Crippen LogP contribution < -0.4 is 10.0 Å². The van der Waals surface area contributed by atoms with E-state index in [0.29, 0.717) is 38.4 Å². The van der Waals surface area contributed by atoms with Gasteiger partial charge in [-0.2, -0.15) is 13.2 Å². The monoisotopic (exact) mass is 565 g/mol. The van der Waals surface area contributed by atoms with Crippen molar-refractivity contribution in [3.8, 4) is 0 Å². The topological polar surface area (TPSA) is 95.6 Å². The van der Waals surface area contributed by atoms with Crippen molar-refractivity contribution in [2.75, 3.05) is 18.4 Å². The molecule has 12 heteroatoms. The van der Waals surface area contributed by atoms with Gasteiger partial charge in [0.25, 0.3) is 5.91 Å². The minimum Gasteiger partial charge on any atom is -0.343 e. The van der Waals surface area contributed by atoms with E-state index in [1.807, 2.05) is 6.92 Å². The number of carbonyl (C=O) groups is 2. The highest BCUT2D eigenvalue weighted by Crippen LogP contribution is 2.35. The number of nitrogens with one attached hydrogen (secondary N) is 2. The molecule has 0 atom stereocenters. The van der Waals surface area contributed by atoms with Crippen LogP contribution in [0.5, 0.6) is 0 Å². The third-order valence-electron chi connectivity index (χ3n) is 6.60. The zero-order valence-corrected chi connectivity index (χ0v) is 21.8. The summed E-state index contributed by atoms with van der Waals surface area (Å²) in [7, 11) is -4.04. The number of hydrogen-bond acceptors (Lipinski definition) is 4. The number of carbonyl (C=O) groups excluding carboxylic acids is 2. The molecular formula is C27H27F4N3O4S. The maximum Gasteiger partial charge on any atom is 0.417 e. The predicted octanol–water partition coefficient (Wildman–Crippen LogP) is 5.32. The highest BCUT2D eigenvalue weighted by Gasteiger charge is 2.37. The number of rotatable bonds is 7. The highest BCUT2D eigenvalue weighted by atomic mass is 32.2. The molecule has 1 heterocycles. The van der Waals surface area contributed by atoms with Gasteiger partial charge in [-0.05, 0) is 43.5 Å². The van der Waals surface area contributed by atoms with Crippen molar-refractivity contribution in [2.24, 2.45) is 0 Å². The molecule has 39 heavy (non-hydrogen) atoms. The molecule has 0 spiro atoms. The lowest BCUT2D eigenvalue weighted by atomic mass is 10.0. The van der Waals surface area contributed by atoms with E-state index in [-0.39, 0.29) is 33.3 Å². The van der Waals surface area contributed by atoms with Crippen LogP contribution in [0.15, 0.2) is 59.5 Å². The molecular weight excluding hydrogens is 538 g/mol. The van der Waals surface area contributed by atoms with E-state index in [4.69, 9.17) is 0 Å². The smallest absolute Gasteiger partial charge is 0.343 e. The zero-order valence-electron chi connectivity index (χ0n) is 21.0. The van der Waals surface area contributed by atoms with E-state index in [1.165, 1.54) is 24.3 Å². The second-order valence-corrected chi connectivity index (χ2v) is 11.0. The second kappa shape index (κ2) is 11.3. The van der Waals surface area contributed by atoms with Gasteiger partial charge in [-0.15, -0.1) is 0 Å². The van der Waals surface area contributed by atoms with E-state index >= 15 is 0 Å². The van der Waals surface area contributed by atoms with Crippen LogP contribution in [0.25, 0.3) is 10.8 Å². The van der Waals surface area contributed by atoms with Gasteiger partial charge in [0.05, 0.1) is 16.0 Å². The maximum atomic E-state index is 14.3. The summed E-state index contributed by atoms with van der Waals surface area (Å²) in [5.74, 6) is -2.61. The summed E-state index contributed by atoms with van der Waals surface area (Å²) < 4.78 is 83.9. The predicted molar refractivity (Wildman–Crippen MR) is 138 cm³/mol. The van der Waals surface area contributed by atoms with Gasteiger partial charge in [-0.3, -0.25) is 9.59 Å². The van der Waals surface area contributed by atoms with E-state index in [1.54, 1.807) is 17.0 Å². The van der Waals surface area contributed by atoms with Gasteiger partial charge in [0.1, 0.15) is 5.82 Å². The molecule has 1 aliphatic heterocycles. The summed E-state index contributed by atoms with van der Waals surface area (Å²) in [6.07, 6.45) is -2.88. The molecule has 0 aliphatic carbocycles. The Morgan fingerprint density at radius 2 is 1.64 bits per heavy atom. The van der Waals surface area contributed by atoms with Crippen LogP contribution in [0.3, 0.4) is 0 Å². The first-order valence-corrected chi connectivity index (χ1v) is 13.9. The second-order valence-electron chi connectivity index (χ2n) is 9.30. The lowest BCUT2D eigenvalue weighted by Crippen LogP contribution is -2.46. The van der Waals surface area contributed by atoms with Crippen molar-refractivity contribution in [2.45, 2.75) is 49.7 Å². The van der Waals surface area contributed by atoms with Gasteiger partial charge in [-0.25, -0.2) is 17.5 Å². The number of fused-ring (bicyclic) bond motifs is 1. The quantitative estimate of drug-likeness (QED) is 0.379. The molecule has 1 saturated heterocycles. The molecule has 4 rings (SSSR count). The molecule has 0 saturated carbocycles. The van der Waals surface area contributed by atoms with E-state index < -0.39 is 39.1 Å². The Hall–Kier alpha value is -3.51. The molecule has 7 nitrogen and oxygen atoms in total. The summed E-state index contributed by atoms with van der Waals surface area (Å²) >= 11 is 0. The summed E-state index contributed by atoms with van der Waals surface area (Å²) in [5, 5.41) is 2.78. The van der Waals surface area contributed by atoms with Crippen LogP contribution in [0.1, 0.15) is 48.5 Å². The number of halogens is 4. The zero-order chi connectivity index (χ0) is 28.4. The van der Waals surface area contributed by atoms with Crippen LogP contribution in [-0.2, 0) is 21.0 Å². The van der Waals surface area contributed by atoms with Crippen molar-refractivity contribution in [1.82, 2.24) is 9.62 Å². The Morgan fingerprint density at radius 3 is 2.28 bits per heavy atom. The maximum absolute atomic E-state index is 14.3. The largest absolute Gasteiger partial charge is 0.417 e. The van der Waals surface area contributed by atoms with E-state index in [2.05, 4.69) is 10.0 Å². The minimum atomic E-state index is -4.96. The molecule has 0 unspecified atom stereocenters. The molecule has 2 N–H and O–H groups in total. The van der Waals surface area contributed by atoms with Crippen LogP contribution in [-0.4, -0.2) is 44.3 Å². The molecule has 2 amide bonds. The fourth-order valence-electron chi connectivity index (χ4n) is 4.69. The van der Waals surface area contributed by atoms with Crippen LogP contribution in [0.2, 0.25) is 0 Å². The van der Waals surface area contributed by atoms with E-state index in [0.717, 1.165) is 18.6 Å². The minimum absolute atomic E-state index is 0.0219. The number of sulfonamides is 1. The third-order valence-corrected chi connectivity index (χ3v) is 8.18. The average molecular weight is 566 g/mol. The van der Waals surface area contributed by atoms with Gasteiger partial charge in [0.2, 0.25) is 15.9 Å². The Kier molecular flexibility index (Phi) is 8.26. The number of anilines is 1. The van der Waals surface area contributed by atoms with Crippen molar-refractivity contribution >= 4 is 38.3 Å². The molecule has 3 aromatic carbocycles. The Morgan fingerprint density at radius 1 is 0.974 bits per heavy atom. The van der Waals surface area contributed by atoms with Crippen molar-refractivity contribution < 1.29 is 35.6 Å². The van der Waals surface area contributed by atoms with Gasteiger partial charge in [-0.1, -0.05) is 37.3 Å². The molecule has 0 radical (unpaired) electrons. The van der Waals surface area contributed by atoms with Crippen LogP contribution in [0.4, 0.5) is 23.2 Å². The standard InChI is InChI=1S/C27H27F4N3O4S/c1-2-6-24(35)34-15-13-17(14-16-34)33-39(37,38)23-12-11-22(18-7-3-4-8-19(18)23)32-26(36)25-20(27(29,30)31)9-5-10-21(25)28/h3-5,7-12,17,33H,2,6,13-16H2,1H3,(H,32,36). The normalized spacial score (nSPS) is 14.9. The van der Waals surface area contributed by atoms with Crippen molar-refractivity contribution in [3.63, 3.8) is 0 Å². The number of benzene rings is 3. The Bertz CT molecular complexity index is 1500. The first kappa shape index (κ1) is 28.5. The number of piperidine rings is 1. The molecule has 0 bridgehead atoms. The third kappa shape index (κ3) is 6.22. The number of alkyl halides is 3. The Balaban J connectivity index is 1.59. The van der Waals surface area contributed by atoms with Gasteiger partial charge < -0.3 is 10.2 Å². The summed E-state index contributed by atoms with van der Waals surface area (Å²) in [4.78, 5) is 26.6. The summed E-state index contributed by atoms with van der Waals surface area (Å²) in [6.45, 7) is 2.79.